The molecule has 0 fully saturated rings. The normalized spacial score (nSPS) is 9.17. The molecule has 0 spiro atoms. The van der Waals surface area contributed by atoms with E-state index in [1.165, 1.54) is 5.56 Å². The summed E-state index contributed by atoms with van der Waals surface area (Å²) in [6, 6.07) is 18.0. The monoisotopic (exact) mass is 396 g/mol. The molecule has 0 bridgehead atoms. The lowest BCUT2D eigenvalue weighted by atomic mass is 10.1. The zero-order chi connectivity index (χ0) is 22.5. The Morgan fingerprint density at radius 2 is 1.24 bits per heavy atom. The number of rotatable bonds is 5. The molecule has 2 aromatic carbocycles. The Bertz CT molecular complexity index is 717. The summed E-state index contributed by atoms with van der Waals surface area (Å²) in [7, 11) is 0. The molecule has 0 saturated heterocycles. The van der Waals surface area contributed by atoms with E-state index in [4.69, 9.17) is 15.3 Å². The van der Waals surface area contributed by atoms with E-state index in [-0.39, 0.29) is 13.2 Å². The number of aliphatic hydroxyl groups excluding tert-OH is 2. The lowest BCUT2D eigenvalue weighted by Crippen LogP contribution is -1.93. The van der Waals surface area contributed by atoms with Crippen LogP contribution in [-0.4, -0.2) is 34.5 Å². The van der Waals surface area contributed by atoms with Gasteiger partial charge in [0.25, 0.3) is 0 Å². The van der Waals surface area contributed by atoms with Crippen LogP contribution in [0.25, 0.3) is 18.2 Å². The molecule has 4 nitrogen and oxygen atoms in total. The van der Waals surface area contributed by atoms with E-state index < -0.39 is 5.97 Å². The molecule has 0 aliphatic carbocycles. The van der Waals surface area contributed by atoms with Gasteiger partial charge in [-0.25, -0.2) is 4.79 Å². The average Bonchev–Trinajstić information content (AvgIpc) is 2.79. The molecule has 0 saturated carbocycles. The van der Waals surface area contributed by atoms with E-state index >= 15 is 0 Å². The molecule has 0 heterocycles. The van der Waals surface area contributed by atoms with Gasteiger partial charge in [0.05, 0.1) is 13.2 Å². The Morgan fingerprint density at radius 1 is 0.828 bits per heavy atom. The van der Waals surface area contributed by atoms with Gasteiger partial charge < -0.3 is 15.3 Å². The molecule has 0 aliphatic heterocycles. The molecule has 0 amide bonds. The van der Waals surface area contributed by atoms with Crippen LogP contribution in [0.2, 0.25) is 0 Å². The summed E-state index contributed by atoms with van der Waals surface area (Å²) in [5, 5.41) is 23.4. The fourth-order valence-electron chi connectivity index (χ4n) is 1.60. The average molecular weight is 397 g/mol. The van der Waals surface area contributed by atoms with Crippen LogP contribution in [0, 0.1) is 0 Å². The zero-order valence-corrected chi connectivity index (χ0v) is 17.3. The summed E-state index contributed by atoms with van der Waals surface area (Å²) in [5.41, 5.74) is 3.84. The third-order valence-electron chi connectivity index (χ3n) is 3.34. The van der Waals surface area contributed by atoms with Crippen molar-refractivity contribution in [2.75, 3.05) is 13.2 Å². The first-order chi connectivity index (χ1) is 13.9. The van der Waals surface area contributed by atoms with Gasteiger partial charge in [-0.15, -0.1) is 0 Å². The van der Waals surface area contributed by atoms with E-state index in [1.54, 1.807) is 19.9 Å². The van der Waals surface area contributed by atoms with E-state index in [2.05, 4.69) is 19.7 Å². The number of aliphatic hydroxyl groups is 2. The molecule has 0 unspecified atom stereocenters. The number of carboxylic acid groups (broad SMARTS) is 1. The summed E-state index contributed by atoms with van der Waals surface area (Å²) in [6.07, 6.45) is 7.05. The molecule has 4 heteroatoms. The van der Waals surface area contributed by atoms with Crippen LogP contribution in [0.1, 0.15) is 30.5 Å². The summed E-state index contributed by atoms with van der Waals surface area (Å²) in [6.45, 7) is 14.0. The highest BCUT2D eigenvalue weighted by Gasteiger charge is 1.93. The van der Waals surface area contributed by atoms with Gasteiger partial charge in [-0.1, -0.05) is 98.6 Å². The fourth-order valence-corrected chi connectivity index (χ4v) is 1.60. The molecule has 0 radical (unpaired) electrons. The van der Waals surface area contributed by atoms with Crippen molar-refractivity contribution in [3.8, 4) is 0 Å². The third kappa shape index (κ3) is 15.5. The highest BCUT2D eigenvalue weighted by molar-refractivity contribution is 5.85. The molecular formula is C25H32O4. The minimum absolute atomic E-state index is 0.125. The quantitative estimate of drug-likeness (QED) is 0.599. The molecule has 2 rings (SSSR count). The van der Waals surface area contributed by atoms with Crippen LogP contribution < -0.4 is 0 Å². The minimum atomic E-state index is -0.845. The smallest absolute Gasteiger partial charge is 0.330 e. The van der Waals surface area contributed by atoms with Crippen LogP contribution in [0.4, 0.5) is 0 Å². The Labute approximate surface area is 174 Å². The molecule has 2 aromatic rings. The van der Waals surface area contributed by atoms with E-state index in [1.807, 2.05) is 72.8 Å². The number of hydrogen-bond donors (Lipinski definition) is 3. The predicted molar refractivity (Wildman–Crippen MR) is 124 cm³/mol. The maximum atomic E-state index is 9.86. The van der Waals surface area contributed by atoms with Gasteiger partial charge in [0.1, 0.15) is 0 Å². The second-order valence-corrected chi connectivity index (χ2v) is 5.38. The molecule has 0 aromatic heterocycles. The van der Waals surface area contributed by atoms with Crippen LogP contribution in [-0.2, 0) is 4.79 Å². The van der Waals surface area contributed by atoms with Crippen molar-refractivity contribution < 1.29 is 20.1 Å². The van der Waals surface area contributed by atoms with Gasteiger partial charge in [-0.2, -0.15) is 0 Å². The van der Waals surface area contributed by atoms with Crippen LogP contribution >= 0.6 is 0 Å². The van der Waals surface area contributed by atoms with Gasteiger partial charge in [0.2, 0.25) is 0 Å². The number of carboxylic acids is 1. The first kappa shape index (κ1) is 28.0. The number of hydrogen-bond acceptors (Lipinski definition) is 3. The summed E-state index contributed by atoms with van der Waals surface area (Å²) >= 11 is 0. The predicted octanol–water partition coefficient (Wildman–Crippen LogP) is 5.31. The highest BCUT2D eigenvalue weighted by Crippen LogP contribution is 2.10. The highest BCUT2D eigenvalue weighted by atomic mass is 16.4. The van der Waals surface area contributed by atoms with Crippen molar-refractivity contribution in [3.05, 3.63) is 103 Å². The van der Waals surface area contributed by atoms with E-state index in [9.17, 15) is 4.79 Å². The van der Waals surface area contributed by atoms with E-state index in [0.29, 0.717) is 5.57 Å². The zero-order valence-electron chi connectivity index (χ0n) is 17.3. The number of benzene rings is 2. The first-order valence-electron chi connectivity index (χ1n) is 9.01. The minimum Gasteiger partial charge on any atom is -0.478 e. The number of aliphatic carboxylic acids is 1. The van der Waals surface area contributed by atoms with Crippen molar-refractivity contribution in [2.45, 2.75) is 13.8 Å². The molecule has 0 aliphatic rings. The van der Waals surface area contributed by atoms with Crippen molar-refractivity contribution in [3.63, 3.8) is 0 Å². The maximum absolute atomic E-state index is 9.86. The van der Waals surface area contributed by atoms with Gasteiger partial charge in [0, 0.05) is 5.57 Å². The first-order valence-corrected chi connectivity index (χ1v) is 9.01. The maximum Gasteiger partial charge on any atom is 0.330 e. The lowest BCUT2D eigenvalue weighted by Gasteiger charge is -1.96. The van der Waals surface area contributed by atoms with Gasteiger partial charge in [0.15, 0.2) is 0 Å². The molecule has 29 heavy (non-hydrogen) atoms. The summed E-state index contributed by atoms with van der Waals surface area (Å²) in [5.74, 6) is -0.845. The van der Waals surface area contributed by atoms with E-state index in [0.717, 1.165) is 11.1 Å². The molecule has 3 N–H and O–H groups in total. The second kappa shape index (κ2) is 19.5. The van der Waals surface area contributed by atoms with Gasteiger partial charge in [-0.3, -0.25) is 0 Å². The second-order valence-electron chi connectivity index (χ2n) is 5.38. The Hall–Kier alpha value is -3.21. The fraction of sp³-hybridized carbons (Fsp3) is 0.160. The number of carbonyl (C=O) groups is 1. The third-order valence-corrected chi connectivity index (χ3v) is 3.34. The largest absolute Gasteiger partial charge is 0.478 e. The summed E-state index contributed by atoms with van der Waals surface area (Å²) in [4.78, 5) is 9.86. The van der Waals surface area contributed by atoms with Gasteiger partial charge in [-0.05, 0) is 30.5 Å². The van der Waals surface area contributed by atoms with Crippen molar-refractivity contribution in [1.29, 1.82) is 0 Å². The van der Waals surface area contributed by atoms with Crippen LogP contribution in [0.15, 0.2) is 86.0 Å². The standard InChI is InChI=1S/C10H10.C8H8.C5H8O2.C2H6O2/c1-3-9-7-5-6-8-10(9)4-2;1-2-8-6-4-3-5-7-8;1-3-4(2)5(6)7;3-1-2-4/h3-8H,1-2H2;2-7H,1H2;3H,1-2H3,(H,6,7);3-4H,1-2H2. The van der Waals surface area contributed by atoms with Crippen LogP contribution in [0.3, 0.4) is 0 Å². The summed E-state index contributed by atoms with van der Waals surface area (Å²) < 4.78 is 0. The topological polar surface area (TPSA) is 77.8 Å². The molecule has 0 atom stereocenters. The van der Waals surface area contributed by atoms with Crippen molar-refractivity contribution in [1.82, 2.24) is 0 Å². The van der Waals surface area contributed by atoms with Crippen molar-refractivity contribution in [2.24, 2.45) is 0 Å². The molecule has 156 valence electrons. The number of allylic oxidation sites excluding steroid dienone is 1. The van der Waals surface area contributed by atoms with Crippen molar-refractivity contribution >= 4 is 24.2 Å². The van der Waals surface area contributed by atoms with Gasteiger partial charge >= 0.3 is 5.97 Å². The lowest BCUT2D eigenvalue weighted by molar-refractivity contribution is -0.132. The molecular weight excluding hydrogens is 364 g/mol. The Kier molecular flexibility index (Phi) is 18.9. The SMILES string of the molecule is C=Cc1ccccc1.C=Cc1ccccc1C=C.CC=C(C)C(=O)O.OCCO. The Morgan fingerprint density at radius 3 is 1.45 bits per heavy atom. The van der Waals surface area contributed by atoms with Crippen LogP contribution in [0.5, 0.6) is 0 Å². The Balaban J connectivity index is 0.